The van der Waals surface area contributed by atoms with Gasteiger partial charge in [0, 0.05) is 26.8 Å². The fraction of sp³-hybridized carbons (Fsp3) is 0.500. The lowest BCUT2D eigenvalue weighted by atomic mass is 10.1. The third-order valence-corrected chi connectivity index (χ3v) is 2.67. The maximum absolute atomic E-state index is 12.5. The number of hydrogen-bond donors (Lipinski definition) is 0. The Morgan fingerprint density at radius 1 is 1.44 bits per heavy atom. The van der Waals surface area contributed by atoms with Crippen molar-refractivity contribution in [3.8, 4) is 0 Å². The highest BCUT2D eigenvalue weighted by Gasteiger charge is 2.31. The van der Waals surface area contributed by atoms with E-state index in [4.69, 9.17) is 0 Å². The Balaban J connectivity index is 3.21. The number of aliphatic imine (C=N–C) groups is 1. The van der Waals surface area contributed by atoms with Crippen molar-refractivity contribution in [2.24, 2.45) is 4.99 Å². The molecule has 0 N–H and O–H groups in total. The van der Waals surface area contributed by atoms with E-state index in [2.05, 4.69) is 9.98 Å². The number of aryl methyl sites for hydroxylation is 1. The van der Waals surface area contributed by atoms with E-state index in [0.717, 1.165) is 12.3 Å². The second-order valence-corrected chi connectivity index (χ2v) is 3.95. The highest BCUT2D eigenvalue weighted by atomic mass is 19.4. The summed E-state index contributed by atoms with van der Waals surface area (Å²) in [5.41, 5.74) is 0.207. The van der Waals surface area contributed by atoms with E-state index in [1.807, 2.05) is 18.9 Å². The summed E-state index contributed by atoms with van der Waals surface area (Å²) >= 11 is 0. The molecule has 18 heavy (non-hydrogen) atoms. The largest absolute Gasteiger partial charge is 0.417 e. The van der Waals surface area contributed by atoms with Crippen molar-refractivity contribution in [1.29, 1.82) is 0 Å². The Bertz CT molecular complexity index is 452. The van der Waals surface area contributed by atoms with Gasteiger partial charge in [-0.1, -0.05) is 0 Å². The van der Waals surface area contributed by atoms with Crippen LogP contribution in [0.15, 0.2) is 17.3 Å². The zero-order valence-electron chi connectivity index (χ0n) is 10.8. The molecule has 0 aromatic carbocycles. The van der Waals surface area contributed by atoms with Crippen molar-refractivity contribution < 1.29 is 13.2 Å². The Hall–Kier alpha value is -1.59. The standard InChI is InChI=1S/C12H16F3N3/c1-5-18(4)11(16-3)10-8(2)6-9(7-17-10)12(13,14)15/h6-7H,5H2,1-4H3. The molecular formula is C12H16F3N3. The lowest BCUT2D eigenvalue weighted by Crippen LogP contribution is -2.29. The first kappa shape index (κ1) is 14.5. The predicted octanol–water partition coefficient (Wildman–Crippen LogP) is 2.74. The molecule has 1 heterocycles. The molecular weight excluding hydrogens is 243 g/mol. The molecule has 0 spiro atoms. The van der Waals surface area contributed by atoms with E-state index in [0.29, 0.717) is 23.6 Å². The van der Waals surface area contributed by atoms with Crippen molar-refractivity contribution in [1.82, 2.24) is 9.88 Å². The first-order chi connectivity index (χ1) is 8.31. The number of pyridine rings is 1. The Labute approximate surface area is 104 Å². The number of aromatic nitrogens is 1. The van der Waals surface area contributed by atoms with Crippen LogP contribution in [-0.4, -0.2) is 36.4 Å². The van der Waals surface area contributed by atoms with E-state index in [-0.39, 0.29) is 0 Å². The topological polar surface area (TPSA) is 28.5 Å². The monoisotopic (exact) mass is 259 g/mol. The number of nitrogens with zero attached hydrogens (tertiary/aromatic N) is 3. The van der Waals surface area contributed by atoms with Crippen LogP contribution in [-0.2, 0) is 6.18 Å². The van der Waals surface area contributed by atoms with Crippen LogP contribution in [0.1, 0.15) is 23.7 Å². The molecule has 0 radical (unpaired) electrons. The van der Waals surface area contributed by atoms with Crippen LogP contribution in [0.3, 0.4) is 0 Å². The molecule has 3 nitrogen and oxygen atoms in total. The van der Waals surface area contributed by atoms with Crippen molar-refractivity contribution in [3.63, 3.8) is 0 Å². The summed E-state index contributed by atoms with van der Waals surface area (Å²) in [6.45, 7) is 4.24. The first-order valence-corrected chi connectivity index (χ1v) is 5.53. The highest BCUT2D eigenvalue weighted by molar-refractivity contribution is 5.98. The van der Waals surface area contributed by atoms with Gasteiger partial charge in [-0.2, -0.15) is 13.2 Å². The molecule has 6 heteroatoms. The maximum Gasteiger partial charge on any atom is 0.417 e. The summed E-state index contributed by atoms with van der Waals surface area (Å²) in [4.78, 5) is 9.81. The molecule has 1 aromatic heterocycles. The molecule has 0 aliphatic carbocycles. The number of alkyl halides is 3. The fourth-order valence-corrected chi connectivity index (χ4v) is 1.57. The second kappa shape index (κ2) is 5.37. The van der Waals surface area contributed by atoms with Crippen LogP contribution < -0.4 is 0 Å². The third-order valence-electron chi connectivity index (χ3n) is 2.67. The molecule has 0 unspecified atom stereocenters. The molecule has 0 aliphatic rings. The number of hydrogen-bond acceptors (Lipinski definition) is 2. The minimum absolute atomic E-state index is 0.464. The van der Waals surface area contributed by atoms with Crippen LogP contribution >= 0.6 is 0 Å². The SMILES string of the molecule is CCN(C)C(=NC)c1ncc(C(F)(F)F)cc1C. The van der Waals surface area contributed by atoms with E-state index in [9.17, 15) is 13.2 Å². The Morgan fingerprint density at radius 3 is 2.44 bits per heavy atom. The van der Waals surface area contributed by atoms with Crippen LogP contribution in [0.5, 0.6) is 0 Å². The summed E-state index contributed by atoms with van der Waals surface area (Å²) in [6, 6.07) is 1.09. The minimum atomic E-state index is -4.36. The van der Waals surface area contributed by atoms with Gasteiger partial charge in [0.25, 0.3) is 0 Å². The van der Waals surface area contributed by atoms with Crippen molar-refractivity contribution in [2.75, 3.05) is 20.6 Å². The van der Waals surface area contributed by atoms with E-state index < -0.39 is 11.7 Å². The molecule has 0 aliphatic heterocycles. The molecule has 1 rings (SSSR count). The van der Waals surface area contributed by atoms with Crippen LogP contribution in [0.4, 0.5) is 13.2 Å². The second-order valence-electron chi connectivity index (χ2n) is 3.95. The quantitative estimate of drug-likeness (QED) is 0.603. The lowest BCUT2D eigenvalue weighted by Gasteiger charge is -2.20. The van der Waals surface area contributed by atoms with Crippen molar-refractivity contribution in [2.45, 2.75) is 20.0 Å². The van der Waals surface area contributed by atoms with Gasteiger partial charge in [0.15, 0.2) is 0 Å². The predicted molar refractivity (Wildman–Crippen MR) is 64.7 cm³/mol. The van der Waals surface area contributed by atoms with Crippen molar-refractivity contribution >= 4 is 5.84 Å². The zero-order valence-corrected chi connectivity index (χ0v) is 10.8. The molecule has 100 valence electrons. The summed E-state index contributed by atoms with van der Waals surface area (Å²) < 4.78 is 37.6. The van der Waals surface area contributed by atoms with E-state index in [1.165, 1.54) is 0 Å². The Kier molecular flexibility index (Phi) is 4.32. The van der Waals surface area contributed by atoms with Gasteiger partial charge in [0.1, 0.15) is 11.5 Å². The molecule has 0 amide bonds. The van der Waals surface area contributed by atoms with Gasteiger partial charge in [0.05, 0.1) is 5.56 Å². The van der Waals surface area contributed by atoms with Crippen LogP contribution in [0.25, 0.3) is 0 Å². The van der Waals surface area contributed by atoms with Crippen molar-refractivity contribution in [3.05, 3.63) is 29.1 Å². The lowest BCUT2D eigenvalue weighted by molar-refractivity contribution is -0.137. The summed E-state index contributed by atoms with van der Waals surface area (Å²) in [6.07, 6.45) is -3.52. The minimum Gasteiger partial charge on any atom is -0.358 e. The zero-order chi connectivity index (χ0) is 13.9. The molecule has 0 atom stereocenters. The fourth-order valence-electron chi connectivity index (χ4n) is 1.57. The molecule has 0 saturated heterocycles. The molecule has 0 saturated carbocycles. The molecule has 0 fully saturated rings. The van der Waals surface area contributed by atoms with Gasteiger partial charge < -0.3 is 4.90 Å². The third kappa shape index (κ3) is 3.00. The van der Waals surface area contributed by atoms with Gasteiger partial charge in [-0.25, -0.2) is 0 Å². The van der Waals surface area contributed by atoms with Gasteiger partial charge >= 0.3 is 6.18 Å². The number of amidine groups is 1. The summed E-state index contributed by atoms with van der Waals surface area (Å²) in [5.74, 6) is 0.587. The average molecular weight is 259 g/mol. The molecule has 0 bridgehead atoms. The van der Waals surface area contributed by atoms with Crippen LogP contribution in [0.2, 0.25) is 0 Å². The van der Waals surface area contributed by atoms with Gasteiger partial charge in [-0.3, -0.25) is 9.98 Å². The van der Waals surface area contributed by atoms with Gasteiger partial charge in [-0.15, -0.1) is 0 Å². The molecule has 1 aromatic rings. The number of rotatable bonds is 2. The normalized spacial score (nSPS) is 12.7. The highest BCUT2D eigenvalue weighted by Crippen LogP contribution is 2.29. The van der Waals surface area contributed by atoms with Gasteiger partial charge in [-0.05, 0) is 25.5 Å². The maximum atomic E-state index is 12.5. The average Bonchev–Trinajstić information content (AvgIpc) is 2.30. The smallest absolute Gasteiger partial charge is 0.358 e. The Morgan fingerprint density at radius 2 is 2.06 bits per heavy atom. The first-order valence-electron chi connectivity index (χ1n) is 5.53. The summed E-state index contributed by atoms with van der Waals surface area (Å²) in [5, 5.41) is 0. The summed E-state index contributed by atoms with van der Waals surface area (Å²) in [7, 11) is 3.42. The van der Waals surface area contributed by atoms with Gasteiger partial charge in [0.2, 0.25) is 0 Å². The van der Waals surface area contributed by atoms with E-state index in [1.54, 1.807) is 14.0 Å². The van der Waals surface area contributed by atoms with Crippen LogP contribution in [0, 0.1) is 6.92 Å². The number of halogens is 3. The van der Waals surface area contributed by atoms with E-state index >= 15 is 0 Å².